The first-order valence-electron chi connectivity index (χ1n) is 10.2. The Balaban J connectivity index is 1.42. The molecular weight excluding hydrogens is 408 g/mol. The molecule has 29 heavy (non-hydrogen) atoms. The Labute approximate surface area is 182 Å². The van der Waals surface area contributed by atoms with Gasteiger partial charge in [-0.05, 0) is 42.6 Å². The van der Waals surface area contributed by atoms with Crippen molar-refractivity contribution < 1.29 is 14.6 Å². The normalized spacial score (nSPS) is 16.4. The van der Waals surface area contributed by atoms with Crippen LogP contribution >= 0.6 is 22.9 Å². The Morgan fingerprint density at radius 1 is 1.21 bits per heavy atom. The zero-order valence-electron chi connectivity index (χ0n) is 16.8. The molecule has 1 atom stereocenters. The van der Waals surface area contributed by atoms with Gasteiger partial charge in [-0.25, -0.2) is 0 Å². The lowest BCUT2D eigenvalue weighted by atomic mass is 10.2. The lowest BCUT2D eigenvalue weighted by molar-refractivity contribution is 0.00674. The zero-order valence-corrected chi connectivity index (χ0v) is 18.4. The molecule has 2 aromatic rings. The van der Waals surface area contributed by atoms with E-state index in [-0.39, 0.29) is 0 Å². The summed E-state index contributed by atoms with van der Waals surface area (Å²) < 4.78 is 11.1. The van der Waals surface area contributed by atoms with E-state index in [1.54, 1.807) is 11.3 Å². The van der Waals surface area contributed by atoms with Crippen molar-refractivity contribution in [2.45, 2.75) is 25.7 Å². The van der Waals surface area contributed by atoms with Gasteiger partial charge in [0.15, 0.2) is 0 Å². The van der Waals surface area contributed by atoms with Crippen LogP contribution in [0.15, 0.2) is 41.8 Å². The first-order chi connectivity index (χ1) is 14.2. The second-order valence-electron chi connectivity index (χ2n) is 7.38. The summed E-state index contributed by atoms with van der Waals surface area (Å²) in [6.45, 7) is 7.91. The van der Waals surface area contributed by atoms with Gasteiger partial charge in [0.1, 0.15) is 0 Å². The third kappa shape index (κ3) is 8.34. The molecule has 1 N–H and O–H groups in total. The fraction of sp³-hybridized carbons (Fsp3) is 0.545. The quantitative estimate of drug-likeness (QED) is 0.549. The average Bonchev–Trinajstić information content (AvgIpc) is 3.23. The van der Waals surface area contributed by atoms with Crippen molar-refractivity contribution in [2.75, 3.05) is 52.5 Å². The number of nitrogens with zero attached hydrogens (tertiary/aromatic N) is 2. The molecule has 1 saturated heterocycles. The van der Waals surface area contributed by atoms with Crippen LogP contribution in [0.1, 0.15) is 16.9 Å². The second kappa shape index (κ2) is 12.6. The van der Waals surface area contributed by atoms with Gasteiger partial charge in [0, 0.05) is 36.1 Å². The summed E-state index contributed by atoms with van der Waals surface area (Å²) in [5.41, 5.74) is 0.947. The molecule has 1 aromatic heterocycles. The van der Waals surface area contributed by atoms with Crippen molar-refractivity contribution in [1.82, 2.24) is 9.80 Å². The van der Waals surface area contributed by atoms with Gasteiger partial charge >= 0.3 is 0 Å². The number of morpholine rings is 1. The minimum atomic E-state index is -0.527. The molecular formula is C22H31ClN2O3S. The highest BCUT2D eigenvalue weighted by Crippen LogP contribution is 2.16. The van der Waals surface area contributed by atoms with Crippen LogP contribution < -0.4 is 0 Å². The largest absolute Gasteiger partial charge is 0.389 e. The maximum atomic E-state index is 10.5. The molecule has 0 radical (unpaired) electrons. The topological polar surface area (TPSA) is 45.2 Å². The lowest BCUT2D eigenvalue weighted by Crippen LogP contribution is -2.39. The minimum absolute atomic E-state index is 0.301. The third-order valence-corrected chi connectivity index (χ3v) is 6.24. The molecule has 1 aliphatic heterocycles. The molecule has 0 saturated carbocycles. The van der Waals surface area contributed by atoms with Crippen molar-refractivity contribution in [3.05, 3.63) is 57.2 Å². The predicted molar refractivity (Wildman–Crippen MR) is 119 cm³/mol. The standard InChI is InChI=1S/C22H31ClN2O3S/c23-22-7-2-1-5-19(22)17-28-18-20(26)15-25(16-21-6-3-14-29-21)9-4-8-24-10-12-27-13-11-24/h1-3,5-7,14,20,26H,4,8-13,15-18H2. The van der Waals surface area contributed by atoms with E-state index in [0.717, 1.165) is 57.9 Å². The number of ether oxygens (including phenoxy) is 2. The van der Waals surface area contributed by atoms with Crippen molar-refractivity contribution >= 4 is 22.9 Å². The monoisotopic (exact) mass is 438 g/mol. The molecule has 0 aliphatic carbocycles. The Morgan fingerprint density at radius 3 is 2.79 bits per heavy atom. The molecule has 1 fully saturated rings. The van der Waals surface area contributed by atoms with Crippen LogP contribution in [0, 0.1) is 0 Å². The smallest absolute Gasteiger partial charge is 0.0900 e. The van der Waals surface area contributed by atoms with Gasteiger partial charge in [0.25, 0.3) is 0 Å². The number of halogens is 1. The second-order valence-corrected chi connectivity index (χ2v) is 8.82. The summed E-state index contributed by atoms with van der Waals surface area (Å²) in [6.07, 6.45) is 0.555. The van der Waals surface area contributed by atoms with Crippen molar-refractivity contribution in [2.24, 2.45) is 0 Å². The van der Waals surface area contributed by atoms with Gasteiger partial charge in [-0.2, -0.15) is 0 Å². The minimum Gasteiger partial charge on any atom is -0.389 e. The number of rotatable bonds is 12. The van der Waals surface area contributed by atoms with E-state index in [9.17, 15) is 5.11 Å². The van der Waals surface area contributed by atoms with Gasteiger partial charge < -0.3 is 14.6 Å². The van der Waals surface area contributed by atoms with E-state index in [0.29, 0.717) is 24.8 Å². The van der Waals surface area contributed by atoms with Crippen LogP contribution in [0.2, 0.25) is 5.02 Å². The highest BCUT2D eigenvalue weighted by molar-refractivity contribution is 7.09. The zero-order chi connectivity index (χ0) is 20.3. The van der Waals surface area contributed by atoms with E-state index >= 15 is 0 Å². The number of hydrogen-bond donors (Lipinski definition) is 1. The SMILES string of the molecule is OC(COCc1ccccc1Cl)CN(CCCN1CCOCC1)Cc1cccs1. The highest BCUT2D eigenvalue weighted by Gasteiger charge is 2.15. The van der Waals surface area contributed by atoms with E-state index in [1.165, 1.54) is 4.88 Å². The molecule has 0 amide bonds. The van der Waals surface area contributed by atoms with Gasteiger partial charge in [0.05, 0.1) is 32.5 Å². The Kier molecular flexibility index (Phi) is 9.90. The number of aliphatic hydroxyl groups is 1. The van der Waals surface area contributed by atoms with Gasteiger partial charge in [-0.1, -0.05) is 35.9 Å². The maximum Gasteiger partial charge on any atom is 0.0900 e. The van der Waals surface area contributed by atoms with Crippen LogP contribution in [0.25, 0.3) is 0 Å². The van der Waals surface area contributed by atoms with Crippen LogP contribution in [0.5, 0.6) is 0 Å². The van der Waals surface area contributed by atoms with E-state index in [1.807, 2.05) is 24.3 Å². The van der Waals surface area contributed by atoms with Crippen LogP contribution in [0.4, 0.5) is 0 Å². The first kappa shape index (κ1) is 22.7. The van der Waals surface area contributed by atoms with E-state index < -0.39 is 6.10 Å². The highest BCUT2D eigenvalue weighted by atomic mass is 35.5. The van der Waals surface area contributed by atoms with Crippen LogP contribution in [-0.2, 0) is 22.6 Å². The molecule has 0 bridgehead atoms. The molecule has 3 rings (SSSR count). The molecule has 5 nitrogen and oxygen atoms in total. The van der Waals surface area contributed by atoms with Crippen molar-refractivity contribution in [3.8, 4) is 0 Å². The van der Waals surface area contributed by atoms with Crippen molar-refractivity contribution in [1.29, 1.82) is 0 Å². The summed E-state index contributed by atoms with van der Waals surface area (Å²) >= 11 is 7.92. The Bertz CT molecular complexity index is 695. The number of hydrogen-bond acceptors (Lipinski definition) is 6. The molecule has 1 unspecified atom stereocenters. The number of benzene rings is 1. The van der Waals surface area contributed by atoms with Gasteiger partial charge in [0.2, 0.25) is 0 Å². The third-order valence-electron chi connectivity index (χ3n) is 5.01. The summed E-state index contributed by atoms with van der Waals surface area (Å²) in [6, 6.07) is 11.9. The Morgan fingerprint density at radius 2 is 2.03 bits per heavy atom. The summed E-state index contributed by atoms with van der Waals surface area (Å²) in [7, 11) is 0. The average molecular weight is 439 g/mol. The van der Waals surface area contributed by atoms with Gasteiger partial charge in [-0.3, -0.25) is 9.80 Å². The maximum absolute atomic E-state index is 10.5. The fourth-order valence-electron chi connectivity index (χ4n) is 3.47. The molecule has 1 aromatic carbocycles. The van der Waals surface area contributed by atoms with Gasteiger partial charge in [-0.15, -0.1) is 11.3 Å². The summed E-state index contributed by atoms with van der Waals surface area (Å²) in [4.78, 5) is 6.10. The molecule has 7 heteroatoms. The van der Waals surface area contributed by atoms with Crippen molar-refractivity contribution in [3.63, 3.8) is 0 Å². The molecule has 2 heterocycles. The number of thiophene rings is 1. The fourth-order valence-corrected chi connectivity index (χ4v) is 4.41. The molecule has 0 spiro atoms. The molecule has 160 valence electrons. The molecule has 1 aliphatic rings. The summed E-state index contributed by atoms with van der Waals surface area (Å²) in [5.74, 6) is 0. The lowest BCUT2D eigenvalue weighted by Gasteiger charge is -2.29. The number of aliphatic hydroxyl groups excluding tert-OH is 1. The van der Waals surface area contributed by atoms with E-state index in [4.69, 9.17) is 21.1 Å². The summed E-state index contributed by atoms with van der Waals surface area (Å²) in [5, 5.41) is 13.3. The van der Waals surface area contributed by atoms with Crippen LogP contribution in [0.3, 0.4) is 0 Å². The van der Waals surface area contributed by atoms with E-state index in [2.05, 4.69) is 27.3 Å². The predicted octanol–water partition coefficient (Wildman–Crippen LogP) is 3.50. The first-order valence-corrected chi connectivity index (χ1v) is 11.5. The Hall–Kier alpha value is -0.990. The van der Waals surface area contributed by atoms with Crippen LogP contribution in [-0.4, -0.2) is 73.6 Å².